The van der Waals surface area contributed by atoms with Crippen LogP contribution in [0.3, 0.4) is 0 Å². The summed E-state index contributed by atoms with van der Waals surface area (Å²) < 4.78 is 25.3. The van der Waals surface area contributed by atoms with Gasteiger partial charge >= 0.3 is 12.2 Å². The Morgan fingerprint density at radius 3 is 2.77 bits per heavy atom. The van der Waals surface area contributed by atoms with E-state index in [0.717, 1.165) is 11.3 Å². The molecule has 0 bridgehead atoms. The highest BCUT2D eigenvalue weighted by atomic mass is 35.5. The number of rotatable bonds is 5. The molecule has 11 heteroatoms. The van der Waals surface area contributed by atoms with Gasteiger partial charge in [0.1, 0.15) is 11.9 Å². The quantitative estimate of drug-likeness (QED) is 0.746. The summed E-state index contributed by atoms with van der Waals surface area (Å²) in [5.74, 6) is -0.962. The number of hydrogen-bond acceptors (Lipinski definition) is 6. The van der Waals surface area contributed by atoms with E-state index in [2.05, 4.69) is 5.32 Å². The van der Waals surface area contributed by atoms with Crippen LogP contribution in [0.1, 0.15) is 16.1 Å². The second kappa shape index (κ2) is 8.49. The molecular formula is C19H17ClFN3O5S. The Hall–Kier alpha value is -2.85. The Labute approximate surface area is 180 Å². The van der Waals surface area contributed by atoms with E-state index in [1.807, 2.05) is 0 Å². The first-order chi connectivity index (χ1) is 14.4. The van der Waals surface area contributed by atoms with E-state index < -0.39 is 24.1 Å². The first kappa shape index (κ1) is 20.4. The van der Waals surface area contributed by atoms with Gasteiger partial charge in [0.05, 0.1) is 40.3 Å². The topological polar surface area (TPSA) is 88.2 Å². The maximum Gasteiger partial charge on any atom is 0.414 e. The average molecular weight is 454 g/mol. The van der Waals surface area contributed by atoms with E-state index in [0.29, 0.717) is 34.5 Å². The number of nitrogens with one attached hydrogen (secondary N) is 1. The second-order valence-electron chi connectivity index (χ2n) is 6.69. The molecule has 0 spiro atoms. The fourth-order valence-electron chi connectivity index (χ4n) is 3.22. The summed E-state index contributed by atoms with van der Waals surface area (Å²) in [6.45, 7) is 0.926. The standard InChI is InChI=1S/C19H17ClFN3O5S/c20-16-5-4-15(30-16)17(25)22-9-12-10-24(19(27)29-12)11-2-3-14(13(21)8-11)23-6-1-7-28-18(23)26/h2-5,8,12H,1,6-7,9-10H2,(H,22,25). The largest absolute Gasteiger partial charge is 0.449 e. The highest BCUT2D eigenvalue weighted by Gasteiger charge is 2.33. The summed E-state index contributed by atoms with van der Waals surface area (Å²) in [6.07, 6.45) is -1.22. The number of amides is 3. The fraction of sp³-hybridized carbons (Fsp3) is 0.316. The molecule has 1 unspecified atom stereocenters. The second-order valence-corrected chi connectivity index (χ2v) is 8.40. The molecule has 3 heterocycles. The third kappa shape index (κ3) is 4.19. The minimum atomic E-state index is -0.648. The number of halogens is 2. The van der Waals surface area contributed by atoms with Crippen LogP contribution in [0.2, 0.25) is 4.34 Å². The van der Waals surface area contributed by atoms with Crippen molar-refractivity contribution in [2.75, 3.05) is 36.0 Å². The summed E-state index contributed by atoms with van der Waals surface area (Å²) in [5.41, 5.74) is 0.389. The van der Waals surface area contributed by atoms with Crippen molar-refractivity contribution in [3.8, 4) is 0 Å². The number of nitrogens with zero attached hydrogens (tertiary/aromatic N) is 2. The van der Waals surface area contributed by atoms with E-state index in [1.54, 1.807) is 12.1 Å². The van der Waals surface area contributed by atoms with Gasteiger partial charge in [0.25, 0.3) is 5.91 Å². The van der Waals surface area contributed by atoms with Gasteiger partial charge in [-0.05, 0) is 36.8 Å². The molecular weight excluding hydrogens is 437 g/mol. The number of carbonyl (C=O) groups is 3. The van der Waals surface area contributed by atoms with Crippen LogP contribution in [-0.2, 0) is 9.47 Å². The number of ether oxygens (including phenoxy) is 2. The van der Waals surface area contributed by atoms with Gasteiger partial charge in [-0.1, -0.05) is 11.6 Å². The third-order valence-corrected chi connectivity index (χ3v) is 5.90. The molecule has 0 aliphatic carbocycles. The molecule has 2 aliphatic heterocycles. The fourth-order valence-corrected chi connectivity index (χ4v) is 4.18. The molecule has 2 fully saturated rings. The van der Waals surface area contributed by atoms with Gasteiger partial charge in [0.2, 0.25) is 0 Å². The molecule has 0 saturated carbocycles. The molecule has 1 atom stereocenters. The predicted octanol–water partition coefficient (Wildman–Crippen LogP) is 3.64. The first-order valence-corrected chi connectivity index (χ1v) is 10.4. The Bertz CT molecular complexity index is 1000. The lowest BCUT2D eigenvalue weighted by atomic mass is 10.2. The molecule has 158 valence electrons. The van der Waals surface area contributed by atoms with Crippen LogP contribution >= 0.6 is 22.9 Å². The van der Waals surface area contributed by atoms with Gasteiger partial charge in [-0.3, -0.25) is 14.6 Å². The Balaban J connectivity index is 1.39. The molecule has 30 heavy (non-hydrogen) atoms. The van der Waals surface area contributed by atoms with Gasteiger partial charge < -0.3 is 14.8 Å². The van der Waals surface area contributed by atoms with Gasteiger partial charge in [-0.25, -0.2) is 14.0 Å². The lowest BCUT2D eigenvalue weighted by Gasteiger charge is -2.27. The molecule has 3 amide bonds. The van der Waals surface area contributed by atoms with Gasteiger partial charge in [0.15, 0.2) is 0 Å². The van der Waals surface area contributed by atoms with Crippen molar-refractivity contribution in [1.82, 2.24) is 5.32 Å². The summed E-state index contributed by atoms with van der Waals surface area (Å²) in [5, 5.41) is 2.69. The Morgan fingerprint density at radius 2 is 2.07 bits per heavy atom. The van der Waals surface area contributed by atoms with Gasteiger partial charge in [0, 0.05) is 6.54 Å². The van der Waals surface area contributed by atoms with Crippen molar-refractivity contribution in [1.29, 1.82) is 0 Å². The van der Waals surface area contributed by atoms with Gasteiger partial charge in [-0.2, -0.15) is 0 Å². The predicted molar refractivity (Wildman–Crippen MR) is 109 cm³/mol. The normalized spacial score (nSPS) is 18.9. The lowest BCUT2D eigenvalue weighted by molar-refractivity contribution is 0.0920. The molecule has 8 nitrogen and oxygen atoms in total. The van der Waals surface area contributed by atoms with Crippen molar-refractivity contribution in [2.24, 2.45) is 0 Å². The first-order valence-electron chi connectivity index (χ1n) is 9.18. The molecule has 2 saturated heterocycles. The van der Waals surface area contributed by atoms with Crippen molar-refractivity contribution in [3.63, 3.8) is 0 Å². The lowest BCUT2D eigenvalue weighted by Crippen LogP contribution is -2.38. The molecule has 1 aromatic heterocycles. The Morgan fingerprint density at radius 1 is 1.23 bits per heavy atom. The minimum absolute atomic E-state index is 0.0921. The van der Waals surface area contributed by atoms with Crippen molar-refractivity contribution in [3.05, 3.63) is 45.4 Å². The van der Waals surface area contributed by atoms with Crippen molar-refractivity contribution >= 4 is 52.4 Å². The molecule has 0 radical (unpaired) electrons. The minimum Gasteiger partial charge on any atom is -0.449 e. The van der Waals surface area contributed by atoms with Gasteiger partial charge in [-0.15, -0.1) is 11.3 Å². The summed E-state index contributed by atoms with van der Waals surface area (Å²) in [6, 6.07) is 7.38. The summed E-state index contributed by atoms with van der Waals surface area (Å²) in [4.78, 5) is 39.1. The van der Waals surface area contributed by atoms with Crippen LogP contribution < -0.4 is 15.1 Å². The van der Waals surface area contributed by atoms with Crippen LogP contribution in [0.4, 0.5) is 25.4 Å². The number of thiophene rings is 1. The molecule has 2 aromatic rings. The zero-order valence-corrected chi connectivity index (χ0v) is 17.2. The SMILES string of the molecule is O=C(NCC1CN(c2ccc(N3CCCOC3=O)c(F)c2)C(=O)O1)c1ccc(Cl)s1. The third-order valence-electron chi connectivity index (χ3n) is 4.67. The molecule has 1 N–H and O–H groups in total. The average Bonchev–Trinajstić information content (AvgIpc) is 3.32. The number of carbonyl (C=O) groups excluding carboxylic acids is 3. The van der Waals surface area contributed by atoms with E-state index in [1.165, 1.54) is 28.0 Å². The zero-order chi connectivity index (χ0) is 21.3. The number of benzene rings is 1. The van der Waals surface area contributed by atoms with Crippen LogP contribution in [0.5, 0.6) is 0 Å². The maximum atomic E-state index is 14.6. The smallest absolute Gasteiger partial charge is 0.414 e. The van der Waals surface area contributed by atoms with E-state index >= 15 is 0 Å². The summed E-state index contributed by atoms with van der Waals surface area (Å²) in [7, 11) is 0. The van der Waals surface area contributed by atoms with Crippen LogP contribution in [-0.4, -0.2) is 50.4 Å². The van der Waals surface area contributed by atoms with Crippen LogP contribution in [0.25, 0.3) is 0 Å². The monoisotopic (exact) mass is 453 g/mol. The molecule has 1 aromatic carbocycles. The van der Waals surface area contributed by atoms with Crippen molar-refractivity contribution < 1.29 is 28.2 Å². The van der Waals surface area contributed by atoms with Crippen molar-refractivity contribution in [2.45, 2.75) is 12.5 Å². The highest BCUT2D eigenvalue weighted by molar-refractivity contribution is 7.18. The molecule has 4 rings (SSSR count). The van der Waals surface area contributed by atoms with E-state index in [4.69, 9.17) is 21.1 Å². The number of cyclic esters (lactones) is 2. The number of anilines is 2. The maximum absolute atomic E-state index is 14.6. The highest BCUT2D eigenvalue weighted by Crippen LogP contribution is 2.29. The number of hydrogen-bond donors (Lipinski definition) is 1. The van der Waals surface area contributed by atoms with Crippen LogP contribution in [0, 0.1) is 5.82 Å². The molecule has 2 aliphatic rings. The Kier molecular flexibility index (Phi) is 5.78. The zero-order valence-electron chi connectivity index (χ0n) is 15.6. The van der Waals surface area contributed by atoms with E-state index in [9.17, 15) is 18.8 Å². The van der Waals surface area contributed by atoms with Crippen LogP contribution in [0.15, 0.2) is 30.3 Å². The summed E-state index contributed by atoms with van der Waals surface area (Å²) >= 11 is 6.97. The van der Waals surface area contributed by atoms with E-state index in [-0.39, 0.29) is 24.7 Å².